The van der Waals surface area contributed by atoms with E-state index in [2.05, 4.69) is 31.9 Å². The van der Waals surface area contributed by atoms with E-state index >= 15 is 0 Å². The number of hydrogen-bond acceptors (Lipinski definition) is 0. The van der Waals surface area contributed by atoms with Gasteiger partial charge in [0.05, 0.1) is 10.4 Å². The van der Waals surface area contributed by atoms with Crippen LogP contribution < -0.4 is 0 Å². The maximum Gasteiger partial charge on any atom is 0.142 e. The van der Waals surface area contributed by atoms with E-state index in [1.54, 1.807) is 6.07 Å². The average molecular weight is 413 g/mol. The number of alkyl halides is 1. The van der Waals surface area contributed by atoms with Crippen molar-refractivity contribution in [3.05, 3.63) is 67.3 Å². The van der Waals surface area contributed by atoms with Crippen molar-refractivity contribution in [3.8, 4) is 0 Å². The third-order valence-corrected chi connectivity index (χ3v) is 4.48. The van der Waals surface area contributed by atoms with Gasteiger partial charge in [-0.1, -0.05) is 49.5 Å². The molecular formula is C13H7Br2Cl2F. The van der Waals surface area contributed by atoms with Crippen molar-refractivity contribution in [1.82, 2.24) is 0 Å². The van der Waals surface area contributed by atoms with Crippen molar-refractivity contribution < 1.29 is 4.39 Å². The highest BCUT2D eigenvalue weighted by molar-refractivity contribution is 9.11. The van der Waals surface area contributed by atoms with E-state index in [0.29, 0.717) is 5.56 Å². The second-order valence-corrected chi connectivity index (χ2v) is 6.32. The number of rotatable bonds is 2. The molecule has 0 bridgehead atoms. The molecule has 0 fully saturated rings. The summed E-state index contributed by atoms with van der Waals surface area (Å²) < 4.78 is 15.2. The molecule has 0 heterocycles. The van der Waals surface area contributed by atoms with Crippen LogP contribution in [0.3, 0.4) is 0 Å². The van der Waals surface area contributed by atoms with Crippen LogP contribution in [0.5, 0.6) is 0 Å². The van der Waals surface area contributed by atoms with Crippen LogP contribution in [-0.2, 0) is 0 Å². The second-order valence-electron chi connectivity index (χ2n) is 3.70. The number of halogens is 5. The van der Waals surface area contributed by atoms with Crippen LogP contribution in [0, 0.1) is 5.82 Å². The van der Waals surface area contributed by atoms with Crippen molar-refractivity contribution in [1.29, 1.82) is 0 Å². The second kappa shape index (κ2) is 5.91. The minimum Gasteiger partial charge on any atom is -0.205 e. The zero-order valence-electron chi connectivity index (χ0n) is 8.93. The van der Waals surface area contributed by atoms with Crippen molar-refractivity contribution in [2.45, 2.75) is 5.38 Å². The lowest BCUT2D eigenvalue weighted by atomic mass is 10.0. The lowest BCUT2D eigenvalue weighted by molar-refractivity contribution is 0.626. The molecule has 18 heavy (non-hydrogen) atoms. The smallest absolute Gasteiger partial charge is 0.142 e. The standard InChI is InChI=1S/C13H7Br2Cl2F/c14-8-2-3-10(15)9(6-8)13(17)7-1-4-11(16)12(18)5-7/h1-6,13H. The molecule has 2 aromatic rings. The van der Waals surface area contributed by atoms with Crippen molar-refractivity contribution in [2.75, 3.05) is 0 Å². The molecule has 0 spiro atoms. The molecule has 0 aliphatic rings. The quantitative estimate of drug-likeness (QED) is 0.505. The van der Waals surface area contributed by atoms with Crippen molar-refractivity contribution in [3.63, 3.8) is 0 Å². The third kappa shape index (κ3) is 3.08. The molecule has 0 N–H and O–H groups in total. The van der Waals surface area contributed by atoms with Gasteiger partial charge in [-0.2, -0.15) is 0 Å². The van der Waals surface area contributed by atoms with Crippen LogP contribution in [0.4, 0.5) is 4.39 Å². The summed E-state index contributed by atoms with van der Waals surface area (Å²) in [5.41, 5.74) is 1.53. The first-order valence-corrected chi connectivity index (χ1v) is 7.43. The first-order valence-electron chi connectivity index (χ1n) is 5.03. The minimum absolute atomic E-state index is 0.0934. The molecule has 1 unspecified atom stereocenters. The Morgan fingerprint density at radius 1 is 1.06 bits per heavy atom. The molecule has 1 atom stereocenters. The van der Waals surface area contributed by atoms with Crippen LogP contribution >= 0.6 is 55.1 Å². The summed E-state index contributed by atoms with van der Waals surface area (Å²) in [6.07, 6.45) is 0. The van der Waals surface area contributed by atoms with Gasteiger partial charge >= 0.3 is 0 Å². The van der Waals surface area contributed by atoms with Gasteiger partial charge in [0.25, 0.3) is 0 Å². The van der Waals surface area contributed by atoms with E-state index in [4.69, 9.17) is 23.2 Å². The molecule has 0 saturated heterocycles. The van der Waals surface area contributed by atoms with Crippen LogP contribution in [0.1, 0.15) is 16.5 Å². The summed E-state index contributed by atoms with van der Waals surface area (Å²) in [6.45, 7) is 0. The molecule has 94 valence electrons. The van der Waals surface area contributed by atoms with Gasteiger partial charge in [0.1, 0.15) is 5.82 Å². The Morgan fingerprint density at radius 2 is 1.78 bits per heavy atom. The Hall–Kier alpha value is -0.0900. The van der Waals surface area contributed by atoms with E-state index in [-0.39, 0.29) is 5.02 Å². The van der Waals surface area contributed by atoms with Gasteiger partial charge in [0, 0.05) is 8.95 Å². The summed E-state index contributed by atoms with van der Waals surface area (Å²) in [5.74, 6) is -0.467. The van der Waals surface area contributed by atoms with Gasteiger partial charge in [0.15, 0.2) is 0 Å². The fraction of sp³-hybridized carbons (Fsp3) is 0.0769. The summed E-state index contributed by atoms with van der Waals surface area (Å²) in [6, 6.07) is 10.3. The summed E-state index contributed by atoms with van der Waals surface area (Å²) in [7, 11) is 0. The van der Waals surface area contributed by atoms with Gasteiger partial charge in [-0.25, -0.2) is 4.39 Å². The summed E-state index contributed by atoms with van der Waals surface area (Å²) >= 11 is 18.9. The van der Waals surface area contributed by atoms with E-state index in [0.717, 1.165) is 14.5 Å². The highest BCUT2D eigenvalue weighted by Gasteiger charge is 2.15. The summed E-state index contributed by atoms with van der Waals surface area (Å²) in [4.78, 5) is 0. The zero-order valence-corrected chi connectivity index (χ0v) is 13.6. The maximum atomic E-state index is 13.4. The zero-order chi connectivity index (χ0) is 13.3. The van der Waals surface area contributed by atoms with E-state index in [1.807, 2.05) is 18.2 Å². The Bertz CT molecular complexity index is 587. The third-order valence-electron chi connectivity index (χ3n) is 2.47. The molecule has 0 amide bonds. The van der Waals surface area contributed by atoms with Crippen LogP contribution in [0.15, 0.2) is 45.3 Å². The van der Waals surface area contributed by atoms with E-state index in [9.17, 15) is 4.39 Å². The van der Waals surface area contributed by atoms with E-state index < -0.39 is 11.2 Å². The molecule has 0 aromatic heterocycles. The molecular weight excluding hydrogens is 406 g/mol. The van der Waals surface area contributed by atoms with Crippen LogP contribution in [0.2, 0.25) is 5.02 Å². The molecule has 0 nitrogen and oxygen atoms in total. The Kier molecular flexibility index (Phi) is 4.70. The fourth-order valence-corrected chi connectivity index (χ4v) is 2.98. The Labute approximate surface area is 131 Å². The fourth-order valence-electron chi connectivity index (χ4n) is 1.56. The van der Waals surface area contributed by atoms with Gasteiger partial charge in [0.2, 0.25) is 0 Å². The SMILES string of the molecule is Fc1cc(C(Cl)c2cc(Br)ccc2Br)ccc1Cl. The van der Waals surface area contributed by atoms with Crippen molar-refractivity contribution in [2.24, 2.45) is 0 Å². The maximum absolute atomic E-state index is 13.4. The highest BCUT2D eigenvalue weighted by atomic mass is 79.9. The summed E-state index contributed by atoms with van der Waals surface area (Å²) in [5, 5.41) is -0.348. The first kappa shape index (κ1) is 14.3. The highest BCUT2D eigenvalue weighted by Crippen LogP contribution is 2.36. The minimum atomic E-state index is -0.467. The first-order chi connectivity index (χ1) is 8.49. The lowest BCUT2D eigenvalue weighted by Gasteiger charge is -2.13. The molecule has 0 aliphatic heterocycles. The molecule has 0 aliphatic carbocycles. The lowest BCUT2D eigenvalue weighted by Crippen LogP contribution is -1.96. The Balaban J connectivity index is 2.44. The average Bonchev–Trinajstić information content (AvgIpc) is 2.35. The normalized spacial score (nSPS) is 12.5. The molecule has 2 rings (SSSR count). The van der Waals surface area contributed by atoms with Gasteiger partial charge in [-0.3, -0.25) is 0 Å². The van der Waals surface area contributed by atoms with E-state index in [1.165, 1.54) is 12.1 Å². The molecule has 0 radical (unpaired) electrons. The molecule has 0 saturated carbocycles. The topological polar surface area (TPSA) is 0 Å². The predicted molar refractivity (Wildman–Crippen MR) is 80.9 cm³/mol. The molecule has 2 aromatic carbocycles. The number of hydrogen-bond donors (Lipinski definition) is 0. The van der Waals surface area contributed by atoms with Gasteiger partial charge in [-0.05, 0) is 41.5 Å². The molecule has 5 heteroatoms. The monoisotopic (exact) mass is 410 g/mol. The largest absolute Gasteiger partial charge is 0.205 e. The van der Waals surface area contributed by atoms with Crippen molar-refractivity contribution >= 4 is 55.1 Å². The van der Waals surface area contributed by atoms with Gasteiger partial charge in [-0.15, -0.1) is 11.6 Å². The van der Waals surface area contributed by atoms with Crippen LogP contribution in [-0.4, -0.2) is 0 Å². The Morgan fingerprint density at radius 3 is 2.44 bits per heavy atom. The predicted octanol–water partition coefficient (Wildman–Crippen LogP) is 6.33. The van der Waals surface area contributed by atoms with Gasteiger partial charge < -0.3 is 0 Å². The van der Waals surface area contributed by atoms with Crippen LogP contribution in [0.25, 0.3) is 0 Å². The number of benzene rings is 2.